The lowest BCUT2D eigenvalue weighted by atomic mass is 9.97. The molecule has 10 nitrogen and oxygen atoms in total. The third kappa shape index (κ3) is 9.72. The Morgan fingerprint density at radius 1 is 0.154 bits per heavy atom. The zero-order chi connectivity index (χ0) is 68.3. The quantitative estimate of drug-likeness (QED) is 0.136. The lowest BCUT2D eigenvalue weighted by Gasteiger charge is -2.13. The van der Waals surface area contributed by atoms with Crippen LogP contribution in [0.4, 0.5) is 0 Å². The van der Waals surface area contributed by atoms with E-state index in [1.54, 1.807) is 0 Å². The first-order valence-electron chi connectivity index (χ1n) is 34.7. The van der Waals surface area contributed by atoms with Gasteiger partial charge in [0.15, 0.2) is 34.9 Å². The van der Waals surface area contributed by atoms with Crippen molar-refractivity contribution in [2.24, 2.45) is 0 Å². The molecule has 16 aromatic carbocycles. The van der Waals surface area contributed by atoms with Crippen molar-refractivity contribution in [3.05, 3.63) is 328 Å². The first-order chi connectivity index (χ1) is 51.5. The van der Waals surface area contributed by atoms with Gasteiger partial charge in [-0.15, -0.1) is 0 Å². The molecule has 0 aliphatic carbocycles. The van der Waals surface area contributed by atoms with Crippen LogP contribution in [-0.4, -0.2) is 29.9 Å². The molecule has 0 saturated heterocycles. The van der Waals surface area contributed by atoms with Gasteiger partial charge < -0.3 is 17.7 Å². The molecule has 22 rings (SSSR count). The van der Waals surface area contributed by atoms with Crippen molar-refractivity contribution in [2.75, 3.05) is 0 Å². The molecule has 0 fully saturated rings. The molecule has 10 heteroatoms. The molecule has 0 saturated carbocycles. The fourth-order valence-electron chi connectivity index (χ4n) is 15.4. The lowest BCUT2D eigenvalue weighted by Crippen LogP contribution is -2.01. The maximum absolute atomic E-state index is 6.25. The number of para-hydroxylation sites is 4. The summed E-state index contributed by atoms with van der Waals surface area (Å²) in [5, 5.41) is 17.7. The minimum Gasteiger partial charge on any atom is -0.456 e. The van der Waals surface area contributed by atoms with E-state index < -0.39 is 0 Å². The van der Waals surface area contributed by atoms with E-state index in [9.17, 15) is 0 Å². The molecule has 484 valence electrons. The highest BCUT2D eigenvalue weighted by Gasteiger charge is 2.23. The number of benzene rings is 16. The maximum atomic E-state index is 6.25. The van der Waals surface area contributed by atoms with Crippen LogP contribution in [0.5, 0.6) is 0 Å². The summed E-state index contributed by atoms with van der Waals surface area (Å²) >= 11 is 0. The number of rotatable bonds is 8. The van der Waals surface area contributed by atoms with Gasteiger partial charge in [0, 0.05) is 81.9 Å². The Morgan fingerprint density at radius 2 is 0.423 bits per heavy atom. The van der Waals surface area contributed by atoms with Gasteiger partial charge in [-0.3, -0.25) is 0 Å². The van der Waals surface area contributed by atoms with Crippen LogP contribution < -0.4 is 0 Å². The van der Waals surface area contributed by atoms with Gasteiger partial charge in [0.05, 0.1) is 0 Å². The third-order valence-corrected chi connectivity index (χ3v) is 20.3. The molecule has 0 radical (unpaired) electrons. The summed E-state index contributed by atoms with van der Waals surface area (Å²) in [6.07, 6.45) is 0. The summed E-state index contributed by atoms with van der Waals surface area (Å²) in [7, 11) is 0. The first kappa shape index (κ1) is 58.7. The molecule has 0 amide bonds. The van der Waals surface area contributed by atoms with Gasteiger partial charge in [0.2, 0.25) is 0 Å². The van der Waals surface area contributed by atoms with E-state index in [0.717, 1.165) is 165 Å². The Labute approximate surface area is 593 Å². The van der Waals surface area contributed by atoms with Crippen molar-refractivity contribution in [1.82, 2.24) is 29.9 Å². The molecule has 6 aromatic heterocycles. The minimum absolute atomic E-state index is 0.583. The SMILES string of the molecule is c1ccc2c(c1)ccc1ccc(-c3nc(-c4cccc5oc6ccccc6c45)nc(-c4cccc5oc6ccccc6c45)n3)cc12.c1ccc2c(c1)ccc1cccc(-c3nc(-c4ccc(-c5cccc6oc7ccccc7c56)cc4)nc(-c4ccc(-c5cccc6oc7ccccc7c56)cc4)n3)c12. The molecule has 0 unspecified atom stereocenters. The fraction of sp³-hybridized carbons (Fsp3) is 0. The molecule has 0 aliphatic rings. The largest absolute Gasteiger partial charge is 0.456 e. The van der Waals surface area contributed by atoms with Crippen LogP contribution in [0.2, 0.25) is 0 Å². The summed E-state index contributed by atoms with van der Waals surface area (Å²) in [4.78, 5) is 31.1. The van der Waals surface area contributed by atoms with Crippen molar-refractivity contribution in [3.63, 3.8) is 0 Å². The monoisotopic (exact) mass is 1330 g/mol. The molecule has 0 bridgehead atoms. The highest BCUT2D eigenvalue weighted by atomic mass is 16.3. The second-order valence-corrected chi connectivity index (χ2v) is 26.3. The normalized spacial score (nSPS) is 11.8. The van der Waals surface area contributed by atoms with Crippen LogP contribution >= 0.6 is 0 Å². The highest BCUT2D eigenvalue weighted by Crippen LogP contribution is 2.44. The number of aromatic nitrogens is 6. The number of nitrogens with zero attached hydrogens (tertiary/aromatic N) is 6. The minimum atomic E-state index is 0.583. The van der Waals surface area contributed by atoms with Crippen molar-refractivity contribution in [2.45, 2.75) is 0 Å². The van der Waals surface area contributed by atoms with Gasteiger partial charge in [-0.05, 0) is 115 Å². The fourth-order valence-corrected chi connectivity index (χ4v) is 15.4. The van der Waals surface area contributed by atoms with Gasteiger partial charge >= 0.3 is 0 Å². The van der Waals surface area contributed by atoms with E-state index in [2.05, 4.69) is 231 Å². The van der Waals surface area contributed by atoms with E-state index in [-0.39, 0.29) is 0 Å². The zero-order valence-corrected chi connectivity index (χ0v) is 55.5. The molecule has 0 aliphatic heterocycles. The second kappa shape index (κ2) is 23.7. The Kier molecular flexibility index (Phi) is 13.4. The van der Waals surface area contributed by atoms with E-state index in [1.807, 2.05) is 97.1 Å². The van der Waals surface area contributed by atoms with Crippen LogP contribution in [0.25, 0.3) is 221 Å². The average molecular weight is 1330 g/mol. The third-order valence-electron chi connectivity index (χ3n) is 20.3. The standard InChI is InChI=1S/C53H31N3O2.C41H23N3O2/c1-2-12-38-32(10-1)22-27-35-11-7-17-43(48(35)38)53-55-51(36-28-23-33(24-29-36)39-15-8-20-46-49(39)41-13-3-5-18-44(41)57-46)54-52(56-53)37-30-25-34(26-31-37)40-16-9-21-47-50(40)42-14-4-6-19-45(42)58-47;1-2-10-27-24(9-1)19-20-25-21-22-26(23-32(25)27)39-42-40(30-13-7-17-35-37(30)28-11-3-5-15-33(28)45-35)44-41(43-39)31-14-8-18-36-38(31)29-12-4-6-16-34(29)46-36/h1-31H;1-23H. The van der Waals surface area contributed by atoms with Crippen LogP contribution in [0.15, 0.2) is 345 Å². The van der Waals surface area contributed by atoms with Crippen LogP contribution in [0.3, 0.4) is 0 Å². The second-order valence-electron chi connectivity index (χ2n) is 26.3. The van der Waals surface area contributed by atoms with Crippen molar-refractivity contribution in [3.8, 4) is 90.6 Å². The highest BCUT2D eigenvalue weighted by molar-refractivity contribution is 6.17. The Hall–Kier alpha value is -14.2. The smallest absolute Gasteiger partial charge is 0.164 e. The Morgan fingerprint density at radius 3 is 0.875 bits per heavy atom. The van der Waals surface area contributed by atoms with E-state index in [0.29, 0.717) is 34.9 Å². The molecular weight excluding hydrogens is 1280 g/mol. The zero-order valence-electron chi connectivity index (χ0n) is 55.5. The van der Waals surface area contributed by atoms with Crippen molar-refractivity contribution in [1.29, 1.82) is 0 Å². The van der Waals surface area contributed by atoms with Gasteiger partial charge in [-0.25, -0.2) is 29.9 Å². The van der Waals surface area contributed by atoms with E-state index in [4.69, 9.17) is 47.6 Å². The van der Waals surface area contributed by atoms with E-state index in [1.165, 1.54) is 21.5 Å². The Balaban J connectivity index is 0.000000138. The predicted molar refractivity (Wildman–Crippen MR) is 422 cm³/mol. The number of fused-ring (bicyclic) bond motifs is 18. The summed E-state index contributed by atoms with van der Waals surface area (Å²) in [6.45, 7) is 0. The van der Waals surface area contributed by atoms with Crippen molar-refractivity contribution < 1.29 is 17.7 Å². The number of hydrogen-bond acceptors (Lipinski definition) is 10. The van der Waals surface area contributed by atoms with Gasteiger partial charge in [0.1, 0.15) is 44.7 Å². The average Bonchev–Trinajstić information content (AvgIpc) is 1.52. The summed E-state index contributed by atoms with van der Waals surface area (Å²) in [6, 6.07) is 113. The summed E-state index contributed by atoms with van der Waals surface area (Å²) in [5.74, 6) is 3.60. The predicted octanol–water partition coefficient (Wildman–Crippen LogP) is 25.3. The molecule has 104 heavy (non-hydrogen) atoms. The number of furan rings is 4. The molecule has 22 aromatic rings. The number of hydrogen-bond donors (Lipinski definition) is 0. The van der Waals surface area contributed by atoms with Gasteiger partial charge in [-0.1, -0.05) is 273 Å². The van der Waals surface area contributed by atoms with Gasteiger partial charge in [-0.2, -0.15) is 0 Å². The summed E-state index contributed by atoms with van der Waals surface area (Å²) < 4.78 is 24.9. The molecule has 6 heterocycles. The Bertz CT molecular complexity index is 6940. The molecule has 0 spiro atoms. The molecule has 0 atom stereocenters. The van der Waals surface area contributed by atoms with Crippen LogP contribution in [-0.2, 0) is 0 Å². The molecular formula is C94H54N6O4. The summed E-state index contributed by atoms with van der Waals surface area (Å²) in [5.41, 5.74) is 16.6. The lowest BCUT2D eigenvalue weighted by molar-refractivity contribution is 0.668. The van der Waals surface area contributed by atoms with E-state index >= 15 is 0 Å². The van der Waals surface area contributed by atoms with Gasteiger partial charge in [0.25, 0.3) is 0 Å². The first-order valence-corrected chi connectivity index (χ1v) is 34.7. The topological polar surface area (TPSA) is 130 Å². The van der Waals surface area contributed by atoms with Crippen LogP contribution in [0, 0.1) is 0 Å². The van der Waals surface area contributed by atoms with Crippen molar-refractivity contribution >= 4 is 131 Å². The molecule has 0 N–H and O–H groups in total. The maximum Gasteiger partial charge on any atom is 0.164 e. The van der Waals surface area contributed by atoms with Crippen LogP contribution in [0.1, 0.15) is 0 Å².